The number of hydrogen-bond acceptors (Lipinski definition) is 9. The van der Waals surface area contributed by atoms with E-state index in [9.17, 15) is 14.2 Å². The fraction of sp³-hybridized carbons (Fsp3) is 0.209. The number of nitrogens with one attached hydrogen (secondary N) is 2. The fourth-order valence-corrected chi connectivity index (χ4v) is 13.9. The molecule has 8 unspecified atom stereocenters. The Kier molecular flexibility index (Phi) is 7.97. The van der Waals surface area contributed by atoms with E-state index < -0.39 is 50.0 Å². The molecular weight excluding hydrogens is 732 g/mol. The van der Waals surface area contributed by atoms with E-state index in [1.807, 2.05) is 133 Å². The van der Waals surface area contributed by atoms with Crippen LogP contribution in [0.2, 0.25) is 0 Å². The van der Waals surface area contributed by atoms with Gasteiger partial charge in [0.1, 0.15) is 17.3 Å². The van der Waals surface area contributed by atoms with Gasteiger partial charge in [0.2, 0.25) is 11.8 Å². The second-order valence-corrected chi connectivity index (χ2v) is 19.6. The lowest BCUT2D eigenvalue weighted by Gasteiger charge is -2.39. The summed E-state index contributed by atoms with van der Waals surface area (Å²) >= 11 is 0. The van der Waals surface area contributed by atoms with E-state index in [2.05, 4.69) is 10.6 Å². The molecule has 0 radical (unpaired) electrons. The van der Waals surface area contributed by atoms with E-state index in [0.29, 0.717) is 27.7 Å². The second-order valence-electron chi connectivity index (χ2n) is 14.6. The normalized spacial score (nSPS) is 29.0. The number of para-hydroxylation sites is 2. The average molecular weight is 770 g/mol. The van der Waals surface area contributed by atoms with Crippen molar-refractivity contribution in [1.82, 2.24) is 15.5 Å². The highest BCUT2D eigenvalue weighted by Gasteiger charge is 2.69. The quantitative estimate of drug-likeness (QED) is 0.0947. The Bertz CT molecular complexity index is 2530. The van der Waals surface area contributed by atoms with Crippen LogP contribution in [-0.4, -0.2) is 47.4 Å². The summed E-state index contributed by atoms with van der Waals surface area (Å²) in [5.41, 5.74) is 2.66. The summed E-state index contributed by atoms with van der Waals surface area (Å²) < 4.78 is 49.5. The van der Waals surface area contributed by atoms with Crippen LogP contribution < -0.4 is 30.3 Å². The molecule has 5 aliphatic heterocycles. The Morgan fingerprint density at radius 3 is 1.89 bits per heavy atom. The van der Waals surface area contributed by atoms with Gasteiger partial charge in [0, 0.05) is 24.2 Å². The number of carbonyl (C=O) groups is 2. The van der Waals surface area contributed by atoms with Crippen LogP contribution in [0.1, 0.15) is 18.3 Å². The van der Waals surface area contributed by atoms with Crippen LogP contribution in [0, 0.1) is 11.8 Å². The van der Waals surface area contributed by atoms with Gasteiger partial charge in [-0.2, -0.15) is 0 Å². The number of benzene rings is 5. The maximum absolute atomic E-state index is 15.6. The molecule has 2 saturated heterocycles. The molecular formula is C43H37N3O7P2. The lowest BCUT2D eigenvalue weighted by Crippen LogP contribution is -2.53. The minimum Gasteiger partial charge on any atom is -0.438 e. The molecule has 0 aliphatic carbocycles. The molecule has 55 heavy (non-hydrogen) atoms. The van der Waals surface area contributed by atoms with E-state index in [-0.39, 0.29) is 24.9 Å². The number of imide groups is 1. The van der Waals surface area contributed by atoms with Crippen LogP contribution in [0.25, 0.3) is 22.3 Å². The first kappa shape index (κ1) is 34.4. The lowest BCUT2D eigenvalue weighted by atomic mass is 9.81. The zero-order valence-corrected chi connectivity index (χ0v) is 31.6. The molecule has 0 aromatic heterocycles. The second kappa shape index (κ2) is 12.7. The van der Waals surface area contributed by atoms with Crippen molar-refractivity contribution in [1.29, 1.82) is 0 Å². The SMILES string of the molecule is CC(NCCN1C(=O)C2C3C=CC(NC(c4ccccc4)P4(=O)Oc5ccccc5-c5ccccc54)(O3)C2C1=O)P1(=O)Oc2ccccc2-c2ccccc21. The summed E-state index contributed by atoms with van der Waals surface area (Å²) in [6.07, 6.45) is 2.96. The van der Waals surface area contributed by atoms with Gasteiger partial charge < -0.3 is 19.1 Å². The van der Waals surface area contributed by atoms with Crippen LogP contribution in [0.3, 0.4) is 0 Å². The molecule has 12 heteroatoms. The molecule has 276 valence electrons. The standard InChI is InChI=1S/C43H37N3O7P2/c1-27(54(49)36-21-11-7-17-31(36)29-15-5-9-19-33(29)52-54)44-25-26-46-41(47)38-35-23-24-43(51-35,39(38)42(46)48)45-40(28-13-3-2-4-14-28)55(50)37-22-12-8-18-32(37)30-16-6-10-20-34(30)53-55/h2-24,27,35,38-40,44-45H,25-26H2,1H3. The van der Waals surface area contributed by atoms with Gasteiger partial charge in [-0.3, -0.25) is 28.9 Å². The summed E-state index contributed by atoms with van der Waals surface area (Å²) in [6.45, 7) is 2.06. The van der Waals surface area contributed by atoms with Crippen molar-refractivity contribution in [2.45, 2.75) is 30.3 Å². The van der Waals surface area contributed by atoms with E-state index in [0.717, 1.165) is 22.3 Å². The third-order valence-electron chi connectivity index (χ3n) is 11.5. The smallest absolute Gasteiger partial charge is 0.298 e. The zero-order valence-electron chi connectivity index (χ0n) is 29.8. The number of likely N-dealkylation sites (tertiary alicyclic amines) is 1. The summed E-state index contributed by atoms with van der Waals surface area (Å²) in [4.78, 5) is 29.8. The van der Waals surface area contributed by atoms with E-state index in [4.69, 9.17) is 13.8 Å². The Morgan fingerprint density at radius 2 is 1.24 bits per heavy atom. The minimum atomic E-state index is -3.82. The Labute approximate surface area is 318 Å². The predicted molar refractivity (Wildman–Crippen MR) is 210 cm³/mol. The highest BCUT2D eigenvalue weighted by Crippen LogP contribution is 2.64. The van der Waals surface area contributed by atoms with Crippen molar-refractivity contribution in [3.8, 4) is 33.8 Å². The van der Waals surface area contributed by atoms with Gasteiger partial charge in [-0.1, -0.05) is 109 Å². The van der Waals surface area contributed by atoms with Crippen molar-refractivity contribution < 1.29 is 32.5 Å². The zero-order chi connectivity index (χ0) is 37.5. The number of rotatable bonds is 9. The molecule has 0 spiro atoms. The van der Waals surface area contributed by atoms with E-state index in [1.165, 1.54) is 4.90 Å². The monoisotopic (exact) mass is 769 g/mol. The Balaban J connectivity index is 0.922. The lowest BCUT2D eigenvalue weighted by molar-refractivity contribution is -0.145. The van der Waals surface area contributed by atoms with Gasteiger partial charge in [0.25, 0.3) is 14.7 Å². The third kappa shape index (κ3) is 5.13. The first-order valence-corrected chi connectivity index (χ1v) is 21.9. The van der Waals surface area contributed by atoms with Gasteiger partial charge in [-0.05, 0) is 54.0 Å². The van der Waals surface area contributed by atoms with Gasteiger partial charge in [0.05, 0.1) is 34.3 Å². The van der Waals surface area contributed by atoms with Crippen molar-refractivity contribution in [2.75, 3.05) is 13.1 Å². The van der Waals surface area contributed by atoms with Crippen LogP contribution in [0.5, 0.6) is 11.5 Å². The topological polar surface area (TPSA) is 123 Å². The predicted octanol–water partition coefficient (Wildman–Crippen LogP) is 6.80. The van der Waals surface area contributed by atoms with Crippen molar-refractivity contribution >= 4 is 37.2 Å². The third-order valence-corrected chi connectivity index (χ3v) is 16.9. The maximum atomic E-state index is 15.6. The number of fused-ring (bicyclic) bond motifs is 11. The van der Waals surface area contributed by atoms with Crippen molar-refractivity contribution in [2.24, 2.45) is 11.8 Å². The maximum Gasteiger partial charge on any atom is 0.298 e. The van der Waals surface area contributed by atoms with E-state index in [1.54, 1.807) is 13.0 Å². The molecule has 5 aromatic carbocycles. The first-order chi connectivity index (χ1) is 26.7. The number of ether oxygens (including phenoxy) is 1. The minimum absolute atomic E-state index is 0.0594. The summed E-state index contributed by atoms with van der Waals surface area (Å²) in [5.74, 6) is -2.88. The van der Waals surface area contributed by atoms with Gasteiger partial charge >= 0.3 is 0 Å². The van der Waals surface area contributed by atoms with Crippen LogP contribution in [-0.2, 0) is 23.5 Å². The Hall–Kier alpha value is -5.08. The molecule has 8 atom stereocenters. The molecule has 5 aromatic rings. The molecule has 2 bridgehead atoms. The molecule has 10 rings (SSSR count). The van der Waals surface area contributed by atoms with Crippen molar-refractivity contribution in [3.63, 3.8) is 0 Å². The molecule has 5 aliphatic rings. The average Bonchev–Trinajstić information content (AvgIpc) is 3.86. The molecule has 5 heterocycles. The fourth-order valence-electron chi connectivity index (χ4n) is 8.91. The number of carbonyl (C=O) groups excluding carboxylic acids is 2. The molecule has 2 N–H and O–H groups in total. The number of hydrogen-bond donors (Lipinski definition) is 2. The van der Waals surface area contributed by atoms with Gasteiger partial charge in [0.15, 0.2) is 5.72 Å². The van der Waals surface area contributed by atoms with Crippen LogP contribution in [0.4, 0.5) is 0 Å². The molecule has 2 fully saturated rings. The summed E-state index contributed by atoms with van der Waals surface area (Å²) in [7, 11) is -7.26. The molecule has 10 nitrogen and oxygen atoms in total. The largest absolute Gasteiger partial charge is 0.438 e. The number of amides is 2. The first-order valence-electron chi connectivity index (χ1n) is 18.5. The summed E-state index contributed by atoms with van der Waals surface area (Å²) in [5, 5.41) is 8.04. The highest BCUT2D eigenvalue weighted by molar-refractivity contribution is 7.68. The van der Waals surface area contributed by atoms with Gasteiger partial charge in [-0.15, -0.1) is 0 Å². The van der Waals surface area contributed by atoms with Gasteiger partial charge in [-0.25, -0.2) is 0 Å². The number of nitrogens with zero attached hydrogens (tertiary/aromatic N) is 1. The summed E-state index contributed by atoms with van der Waals surface area (Å²) in [6, 6.07) is 39.5. The Morgan fingerprint density at radius 1 is 0.691 bits per heavy atom. The van der Waals surface area contributed by atoms with Crippen LogP contribution >= 0.6 is 14.7 Å². The highest BCUT2D eigenvalue weighted by atomic mass is 31.2. The van der Waals surface area contributed by atoms with Crippen molar-refractivity contribution in [3.05, 3.63) is 145 Å². The van der Waals surface area contributed by atoms with E-state index >= 15 is 4.57 Å². The molecule has 2 amide bonds. The van der Waals surface area contributed by atoms with Crippen LogP contribution in [0.15, 0.2) is 140 Å². The molecule has 0 saturated carbocycles.